The average Bonchev–Trinajstić information content (AvgIpc) is 2.61. The molecule has 0 radical (unpaired) electrons. The molecule has 0 atom stereocenters. The predicted octanol–water partition coefficient (Wildman–Crippen LogP) is 4.62. The molecule has 6 heteroatoms. The molecule has 0 spiro atoms. The number of carbonyl (C=O) groups excluding carboxylic acids is 1. The zero-order valence-corrected chi connectivity index (χ0v) is 12.9. The predicted molar refractivity (Wildman–Crippen MR) is 90.5 cm³/mol. The molecule has 0 unspecified atom stereocenters. The normalized spacial score (nSPS) is 11.8. The lowest BCUT2D eigenvalue weighted by molar-refractivity contribution is -0.137. The van der Waals surface area contributed by atoms with Gasteiger partial charge in [-0.05, 0) is 40.6 Å². The van der Waals surface area contributed by atoms with Crippen molar-refractivity contribution in [2.45, 2.75) is 6.18 Å². The summed E-state index contributed by atoms with van der Waals surface area (Å²) in [5.41, 5.74) is 2.21. The average molecular weight is 342 g/mol. The van der Waals surface area contributed by atoms with Crippen LogP contribution in [0.3, 0.4) is 0 Å². The fourth-order valence-corrected chi connectivity index (χ4v) is 2.36. The number of nitrogens with zero attached hydrogens (tertiary/aromatic N) is 1. The molecular weight excluding hydrogens is 329 g/mol. The van der Waals surface area contributed by atoms with Crippen LogP contribution >= 0.6 is 0 Å². The molecule has 3 nitrogen and oxygen atoms in total. The quantitative estimate of drug-likeness (QED) is 0.547. The van der Waals surface area contributed by atoms with Gasteiger partial charge in [-0.15, -0.1) is 0 Å². The lowest BCUT2D eigenvalue weighted by Crippen LogP contribution is -2.17. The van der Waals surface area contributed by atoms with Gasteiger partial charge in [0.25, 0.3) is 5.91 Å². The van der Waals surface area contributed by atoms with Gasteiger partial charge in [0, 0.05) is 5.56 Å². The van der Waals surface area contributed by atoms with Gasteiger partial charge in [0.15, 0.2) is 0 Å². The molecule has 0 aliphatic rings. The second kappa shape index (κ2) is 6.76. The van der Waals surface area contributed by atoms with Crippen LogP contribution < -0.4 is 5.43 Å². The van der Waals surface area contributed by atoms with Gasteiger partial charge in [0.05, 0.1) is 11.8 Å². The highest BCUT2D eigenvalue weighted by atomic mass is 19.4. The minimum absolute atomic E-state index is 0.244. The summed E-state index contributed by atoms with van der Waals surface area (Å²) in [5, 5.41) is 5.65. The minimum atomic E-state index is -4.42. The van der Waals surface area contributed by atoms with Crippen molar-refractivity contribution in [2.75, 3.05) is 0 Å². The Morgan fingerprint density at radius 3 is 2.44 bits per heavy atom. The van der Waals surface area contributed by atoms with Crippen molar-refractivity contribution >= 4 is 22.9 Å². The Hall–Kier alpha value is -3.15. The summed E-state index contributed by atoms with van der Waals surface area (Å²) in [6, 6.07) is 17.5. The number of nitrogens with one attached hydrogen (secondary N) is 1. The summed E-state index contributed by atoms with van der Waals surface area (Å²) >= 11 is 0. The summed E-state index contributed by atoms with van der Waals surface area (Å²) in [4.78, 5) is 12.1. The van der Waals surface area contributed by atoms with Crippen LogP contribution in [0, 0.1) is 0 Å². The van der Waals surface area contributed by atoms with E-state index in [2.05, 4.69) is 10.5 Å². The maximum absolute atomic E-state index is 12.7. The SMILES string of the molecule is O=C(N/N=C\c1cccc(C(F)(F)F)c1)c1ccc2ccccc2c1. The molecule has 0 aromatic heterocycles. The van der Waals surface area contributed by atoms with E-state index in [-0.39, 0.29) is 5.56 Å². The van der Waals surface area contributed by atoms with Crippen LogP contribution in [0.1, 0.15) is 21.5 Å². The Morgan fingerprint density at radius 2 is 1.68 bits per heavy atom. The Morgan fingerprint density at radius 1 is 0.920 bits per heavy atom. The lowest BCUT2D eigenvalue weighted by Gasteiger charge is -2.06. The van der Waals surface area contributed by atoms with Crippen molar-refractivity contribution in [3.63, 3.8) is 0 Å². The number of fused-ring (bicyclic) bond motifs is 1. The van der Waals surface area contributed by atoms with Crippen molar-refractivity contribution in [3.05, 3.63) is 83.4 Å². The number of hydrogen-bond donors (Lipinski definition) is 1. The van der Waals surface area contributed by atoms with E-state index >= 15 is 0 Å². The van der Waals surface area contributed by atoms with Crippen LogP contribution in [0.2, 0.25) is 0 Å². The molecule has 0 saturated carbocycles. The highest BCUT2D eigenvalue weighted by Crippen LogP contribution is 2.29. The Labute approximate surface area is 141 Å². The van der Waals surface area contributed by atoms with Crippen LogP contribution in [0.15, 0.2) is 71.8 Å². The number of rotatable bonds is 3. The van der Waals surface area contributed by atoms with Crippen molar-refractivity contribution < 1.29 is 18.0 Å². The van der Waals surface area contributed by atoms with Crippen LogP contribution in [-0.2, 0) is 6.18 Å². The molecule has 3 rings (SSSR count). The first kappa shape index (κ1) is 16.7. The molecule has 3 aromatic rings. The molecule has 0 saturated heterocycles. The topological polar surface area (TPSA) is 41.5 Å². The maximum atomic E-state index is 12.7. The molecule has 0 aliphatic carbocycles. The molecule has 0 bridgehead atoms. The van der Waals surface area contributed by atoms with E-state index in [1.807, 2.05) is 30.3 Å². The Bertz CT molecular complexity index is 949. The molecule has 0 fully saturated rings. The van der Waals surface area contributed by atoms with Crippen LogP contribution in [-0.4, -0.2) is 12.1 Å². The Balaban J connectivity index is 1.72. The van der Waals surface area contributed by atoms with Gasteiger partial charge in [0.2, 0.25) is 0 Å². The van der Waals surface area contributed by atoms with E-state index in [0.717, 1.165) is 22.9 Å². The third-order valence-electron chi connectivity index (χ3n) is 3.61. The zero-order valence-electron chi connectivity index (χ0n) is 12.9. The second-order valence-corrected chi connectivity index (χ2v) is 5.38. The molecule has 0 aliphatic heterocycles. The molecule has 126 valence electrons. The van der Waals surface area contributed by atoms with E-state index in [0.29, 0.717) is 5.56 Å². The van der Waals surface area contributed by atoms with Crippen molar-refractivity contribution in [1.82, 2.24) is 5.43 Å². The molecule has 25 heavy (non-hydrogen) atoms. The van der Waals surface area contributed by atoms with Crippen LogP contribution in [0.4, 0.5) is 13.2 Å². The zero-order chi connectivity index (χ0) is 17.9. The number of carbonyl (C=O) groups is 1. The van der Waals surface area contributed by atoms with Gasteiger partial charge in [-0.1, -0.05) is 42.5 Å². The standard InChI is InChI=1S/C19H13F3N2O/c20-19(21,22)17-7-3-4-13(10-17)12-23-24-18(25)16-9-8-14-5-1-2-6-15(14)11-16/h1-12H,(H,24,25)/b23-12-. The minimum Gasteiger partial charge on any atom is -0.267 e. The molecular formula is C19H13F3N2O. The van der Waals surface area contributed by atoms with Gasteiger partial charge in [-0.25, -0.2) is 5.43 Å². The van der Waals surface area contributed by atoms with Crippen molar-refractivity contribution in [1.29, 1.82) is 0 Å². The first-order valence-corrected chi connectivity index (χ1v) is 7.43. The number of benzene rings is 3. The van der Waals surface area contributed by atoms with Crippen LogP contribution in [0.25, 0.3) is 10.8 Å². The number of alkyl halides is 3. The maximum Gasteiger partial charge on any atom is 0.416 e. The van der Waals surface area contributed by atoms with Crippen molar-refractivity contribution in [2.24, 2.45) is 5.10 Å². The fourth-order valence-electron chi connectivity index (χ4n) is 2.36. The van der Waals surface area contributed by atoms with E-state index in [4.69, 9.17) is 0 Å². The lowest BCUT2D eigenvalue weighted by atomic mass is 10.1. The largest absolute Gasteiger partial charge is 0.416 e. The van der Waals surface area contributed by atoms with E-state index < -0.39 is 17.6 Å². The smallest absolute Gasteiger partial charge is 0.267 e. The molecule has 0 heterocycles. The first-order chi connectivity index (χ1) is 11.9. The molecule has 1 N–H and O–H groups in total. The summed E-state index contributed by atoms with van der Waals surface area (Å²) in [7, 11) is 0. The van der Waals surface area contributed by atoms with Gasteiger partial charge in [0.1, 0.15) is 0 Å². The monoisotopic (exact) mass is 342 g/mol. The van der Waals surface area contributed by atoms with Crippen molar-refractivity contribution in [3.8, 4) is 0 Å². The summed E-state index contributed by atoms with van der Waals surface area (Å²) in [5.74, 6) is -0.436. The molecule has 3 aromatic carbocycles. The van der Waals surface area contributed by atoms with E-state index in [1.54, 1.807) is 12.1 Å². The van der Waals surface area contributed by atoms with Crippen LogP contribution in [0.5, 0.6) is 0 Å². The van der Waals surface area contributed by atoms with E-state index in [1.165, 1.54) is 18.3 Å². The number of amides is 1. The summed E-state index contributed by atoms with van der Waals surface area (Å²) in [6.07, 6.45) is -3.24. The highest BCUT2D eigenvalue weighted by molar-refractivity contribution is 5.98. The third kappa shape index (κ3) is 4.03. The second-order valence-electron chi connectivity index (χ2n) is 5.38. The van der Waals surface area contributed by atoms with Gasteiger partial charge in [-0.2, -0.15) is 18.3 Å². The number of hydrazone groups is 1. The fraction of sp³-hybridized carbons (Fsp3) is 0.0526. The number of hydrogen-bond acceptors (Lipinski definition) is 2. The van der Waals surface area contributed by atoms with E-state index in [9.17, 15) is 18.0 Å². The first-order valence-electron chi connectivity index (χ1n) is 7.43. The van der Waals surface area contributed by atoms with Gasteiger partial charge < -0.3 is 0 Å². The number of halogens is 3. The van der Waals surface area contributed by atoms with Gasteiger partial charge >= 0.3 is 6.18 Å². The highest BCUT2D eigenvalue weighted by Gasteiger charge is 2.30. The van der Waals surface area contributed by atoms with Gasteiger partial charge in [-0.3, -0.25) is 4.79 Å². The summed E-state index contributed by atoms with van der Waals surface area (Å²) < 4.78 is 38.0. The molecule has 1 amide bonds. The summed E-state index contributed by atoms with van der Waals surface area (Å²) in [6.45, 7) is 0. The third-order valence-corrected chi connectivity index (χ3v) is 3.61. The Kier molecular flexibility index (Phi) is 4.52.